The van der Waals surface area contributed by atoms with Gasteiger partial charge in [-0.05, 0) is 29.5 Å². The maximum Gasteiger partial charge on any atom is 0.269 e. The van der Waals surface area contributed by atoms with Crippen LogP contribution in [0.15, 0.2) is 42.5 Å². The summed E-state index contributed by atoms with van der Waals surface area (Å²) in [6, 6.07) is 10.6. The van der Waals surface area contributed by atoms with E-state index in [0.717, 1.165) is 23.4 Å². The summed E-state index contributed by atoms with van der Waals surface area (Å²) in [5.74, 6) is 0.201. The van der Waals surface area contributed by atoms with E-state index in [1.165, 1.54) is 6.07 Å². The third-order valence-corrected chi connectivity index (χ3v) is 3.84. The Morgan fingerprint density at radius 3 is 2.52 bits per heavy atom. The van der Waals surface area contributed by atoms with Crippen LogP contribution in [-0.2, 0) is 12.3 Å². The molecule has 0 saturated carbocycles. The van der Waals surface area contributed by atoms with Gasteiger partial charge in [-0.2, -0.15) is 11.8 Å². The number of carbonyl (C=O) groups is 1. The minimum Gasteiger partial charge on any atom is -0.872 e. The van der Waals surface area contributed by atoms with Crippen molar-refractivity contribution < 1.29 is 14.8 Å². The third-order valence-electron chi connectivity index (χ3n) is 3.22. The summed E-state index contributed by atoms with van der Waals surface area (Å²) in [6.45, 7) is -0.0497. The first-order valence-electron chi connectivity index (χ1n) is 6.81. The summed E-state index contributed by atoms with van der Waals surface area (Å²) >= 11 is 1.69. The van der Waals surface area contributed by atoms with Crippen LogP contribution in [0.2, 0.25) is 0 Å². The first-order chi connectivity index (χ1) is 11.0. The Morgan fingerprint density at radius 1 is 1.22 bits per heavy atom. The van der Waals surface area contributed by atoms with Crippen molar-refractivity contribution in [2.45, 2.75) is 12.3 Å². The number of hydrogen-bond donors (Lipinski definition) is 1. The monoisotopic (exact) mass is 331 g/mol. The van der Waals surface area contributed by atoms with Gasteiger partial charge in [-0.1, -0.05) is 18.2 Å². The fourth-order valence-electron chi connectivity index (χ4n) is 2.01. The van der Waals surface area contributed by atoms with E-state index in [9.17, 15) is 20.0 Å². The molecule has 2 aromatic carbocycles. The van der Waals surface area contributed by atoms with Gasteiger partial charge < -0.3 is 10.4 Å². The zero-order valence-corrected chi connectivity index (χ0v) is 13.3. The van der Waals surface area contributed by atoms with Crippen LogP contribution in [-0.4, -0.2) is 17.1 Å². The van der Waals surface area contributed by atoms with Gasteiger partial charge in [0.1, 0.15) is 0 Å². The molecule has 0 aliphatic heterocycles. The number of nitro groups is 1. The molecule has 0 heterocycles. The molecule has 0 atom stereocenters. The standard InChI is InChI=1S/C16H16N2O4S/c1-23-10-11-2-4-12(5-3-11)16(20)17-9-13-8-14(18(21)22)6-7-15(13)19/h2-8,19H,9-10H2,1H3,(H,17,20)/p-1. The molecule has 0 aliphatic carbocycles. The van der Waals surface area contributed by atoms with Gasteiger partial charge in [0.2, 0.25) is 0 Å². The van der Waals surface area contributed by atoms with Crippen molar-refractivity contribution >= 4 is 23.4 Å². The van der Waals surface area contributed by atoms with Gasteiger partial charge in [-0.3, -0.25) is 14.9 Å². The Hall–Kier alpha value is -2.54. The van der Waals surface area contributed by atoms with E-state index >= 15 is 0 Å². The highest BCUT2D eigenvalue weighted by molar-refractivity contribution is 7.97. The van der Waals surface area contributed by atoms with Crippen molar-refractivity contribution in [3.8, 4) is 5.75 Å². The van der Waals surface area contributed by atoms with E-state index in [0.29, 0.717) is 5.56 Å². The van der Waals surface area contributed by atoms with Crippen molar-refractivity contribution in [2.24, 2.45) is 0 Å². The number of nitrogens with zero attached hydrogens (tertiary/aromatic N) is 1. The van der Waals surface area contributed by atoms with Crippen molar-refractivity contribution in [3.63, 3.8) is 0 Å². The maximum absolute atomic E-state index is 12.1. The second-order valence-electron chi connectivity index (χ2n) is 4.86. The van der Waals surface area contributed by atoms with Crippen molar-refractivity contribution in [2.75, 3.05) is 6.26 Å². The Labute approximate surface area is 137 Å². The minimum absolute atomic E-state index is 0.0497. The largest absolute Gasteiger partial charge is 0.872 e. The van der Waals surface area contributed by atoms with Gasteiger partial charge in [0, 0.05) is 30.0 Å². The molecule has 0 radical (unpaired) electrons. The lowest BCUT2D eigenvalue weighted by Crippen LogP contribution is -2.23. The lowest BCUT2D eigenvalue weighted by atomic mass is 10.1. The highest BCUT2D eigenvalue weighted by Crippen LogP contribution is 2.20. The number of nitrogens with one attached hydrogen (secondary N) is 1. The van der Waals surface area contributed by atoms with Crippen LogP contribution in [0.3, 0.4) is 0 Å². The average molecular weight is 331 g/mol. The second kappa shape index (κ2) is 7.64. The van der Waals surface area contributed by atoms with E-state index < -0.39 is 4.92 Å². The number of thioether (sulfide) groups is 1. The summed E-state index contributed by atoms with van der Waals surface area (Å²) in [5, 5.41) is 25.0. The van der Waals surface area contributed by atoms with Gasteiger partial charge >= 0.3 is 0 Å². The predicted octanol–water partition coefficient (Wildman–Crippen LogP) is 2.46. The number of carbonyl (C=O) groups excluding carboxylic acids is 1. The number of hydrogen-bond acceptors (Lipinski definition) is 5. The predicted molar refractivity (Wildman–Crippen MR) is 87.4 cm³/mol. The van der Waals surface area contributed by atoms with E-state index in [-0.39, 0.29) is 29.5 Å². The van der Waals surface area contributed by atoms with Crippen molar-refractivity contribution in [3.05, 3.63) is 69.3 Å². The molecule has 7 heteroatoms. The molecule has 0 fully saturated rings. The van der Waals surface area contributed by atoms with Gasteiger partial charge in [0.15, 0.2) is 0 Å². The molecular weight excluding hydrogens is 316 g/mol. The molecule has 0 aliphatic rings. The second-order valence-corrected chi connectivity index (χ2v) is 5.73. The first-order valence-corrected chi connectivity index (χ1v) is 8.21. The summed E-state index contributed by atoms with van der Waals surface area (Å²) in [6.07, 6.45) is 2.00. The SMILES string of the molecule is CSCc1ccc(C(=O)NCc2cc([N+](=O)[O-])ccc2[O-])cc1. The van der Waals surface area contributed by atoms with Crippen LogP contribution in [0.4, 0.5) is 5.69 Å². The normalized spacial score (nSPS) is 10.3. The van der Waals surface area contributed by atoms with Gasteiger partial charge in [0.05, 0.1) is 4.92 Å². The number of amides is 1. The Kier molecular flexibility index (Phi) is 5.59. The van der Waals surface area contributed by atoms with Gasteiger partial charge in [0.25, 0.3) is 11.6 Å². The smallest absolute Gasteiger partial charge is 0.269 e. The lowest BCUT2D eigenvalue weighted by molar-refractivity contribution is -0.385. The Morgan fingerprint density at radius 2 is 1.91 bits per heavy atom. The van der Waals surface area contributed by atoms with Crippen LogP contribution < -0.4 is 10.4 Å². The molecule has 120 valence electrons. The Bertz CT molecular complexity index is 717. The van der Waals surface area contributed by atoms with E-state index in [2.05, 4.69) is 5.32 Å². The number of benzene rings is 2. The molecule has 0 spiro atoms. The molecule has 0 saturated heterocycles. The fourth-order valence-corrected chi connectivity index (χ4v) is 2.54. The van der Waals surface area contributed by atoms with Crippen molar-refractivity contribution in [1.82, 2.24) is 5.32 Å². The number of nitro benzene ring substituents is 1. The number of non-ortho nitro benzene ring substituents is 1. The van der Waals surface area contributed by atoms with Crippen LogP contribution in [0.5, 0.6) is 5.75 Å². The van der Waals surface area contributed by atoms with Gasteiger partial charge in [-0.15, -0.1) is 5.75 Å². The molecule has 0 aromatic heterocycles. The molecule has 2 rings (SSSR count). The van der Waals surface area contributed by atoms with Crippen LogP contribution >= 0.6 is 11.8 Å². The molecule has 0 bridgehead atoms. The van der Waals surface area contributed by atoms with Crippen LogP contribution in [0, 0.1) is 10.1 Å². The molecule has 1 amide bonds. The summed E-state index contributed by atoms with van der Waals surface area (Å²) in [5.41, 5.74) is 1.61. The summed E-state index contributed by atoms with van der Waals surface area (Å²) < 4.78 is 0. The van der Waals surface area contributed by atoms with Crippen LogP contribution in [0.1, 0.15) is 21.5 Å². The molecular formula is C16H15N2O4S-. The fraction of sp³-hybridized carbons (Fsp3) is 0.188. The first kappa shape index (κ1) is 16.8. The molecule has 0 unspecified atom stereocenters. The topological polar surface area (TPSA) is 95.3 Å². The number of rotatable bonds is 6. The summed E-state index contributed by atoms with van der Waals surface area (Å²) in [7, 11) is 0. The highest BCUT2D eigenvalue weighted by Gasteiger charge is 2.09. The van der Waals surface area contributed by atoms with E-state index in [4.69, 9.17) is 0 Å². The highest BCUT2D eigenvalue weighted by atomic mass is 32.2. The third kappa shape index (κ3) is 4.46. The Balaban J connectivity index is 2.04. The van der Waals surface area contributed by atoms with Gasteiger partial charge in [-0.25, -0.2) is 0 Å². The van der Waals surface area contributed by atoms with E-state index in [1.807, 2.05) is 18.4 Å². The minimum atomic E-state index is -0.574. The van der Waals surface area contributed by atoms with Crippen molar-refractivity contribution in [1.29, 1.82) is 0 Å². The molecule has 2 aromatic rings. The molecule has 23 heavy (non-hydrogen) atoms. The maximum atomic E-state index is 12.1. The lowest BCUT2D eigenvalue weighted by Gasteiger charge is -2.13. The molecule has 6 nitrogen and oxygen atoms in total. The molecule has 1 N–H and O–H groups in total. The zero-order valence-electron chi connectivity index (χ0n) is 12.4. The summed E-state index contributed by atoms with van der Waals surface area (Å²) in [4.78, 5) is 22.2. The van der Waals surface area contributed by atoms with E-state index in [1.54, 1.807) is 23.9 Å². The zero-order chi connectivity index (χ0) is 16.8. The quantitative estimate of drug-likeness (QED) is 0.648. The van der Waals surface area contributed by atoms with Crippen LogP contribution in [0.25, 0.3) is 0 Å². The average Bonchev–Trinajstić information content (AvgIpc) is 2.54.